The molecule has 0 N–H and O–H groups in total. The second-order valence-electron chi connectivity index (χ2n) is 4.04. The fraction of sp³-hybridized carbons (Fsp3) is 0.462. The average Bonchev–Trinajstić information content (AvgIpc) is 2.26. The zero-order valence-electron chi connectivity index (χ0n) is 10.4. The number of hydrogen-bond donors (Lipinski definition) is 0. The number of ether oxygens (including phenoxy) is 1. The van der Waals surface area contributed by atoms with E-state index in [1.165, 1.54) is 12.1 Å². The van der Waals surface area contributed by atoms with E-state index < -0.39 is 0 Å². The van der Waals surface area contributed by atoms with Crippen LogP contribution in [0.2, 0.25) is 0 Å². The van der Waals surface area contributed by atoms with Crippen LogP contribution in [0.3, 0.4) is 0 Å². The van der Waals surface area contributed by atoms with Gasteiger partial charge < -0.3 is 9.64 Å². The number of rotatable bonds is 5. The second-order valence-corrected chi connectivity index (χ2v) is 4.04. The van der Waals surface area contributed by atoms with Crippen molar-refractivity contribution in [2.45, 2.75) is 19.4 Å². The molecule has 0 saturated carbocycles. The standard InChI is InChI=1S/C13H18FNO2/c1-4-17-13(16)9-12(15(2)3)10-6-5-7-11(14)8-10/h5-8,12H,4,9H2,1-3H3. The minimum Gasteiger partial charge on any atom is -0.466 e. The van der Waals surface area contributed by atoms with Gasteiger partial charge in [0.05, 0.1) is 13.0 Å². The number of nitrogens with zero attached hydrogens (tertiary/aromatic N) is 1. The molecule has 4 heteroatoms. The Morgan fingerprint density at radius 2 is 2.18 bits per heavy atom. The monoisotopic (exact) mass is 239 g/mol. The number of hydrogen-bond acceptors (Lipinski definition) is 3. The molecule has 0 spiro atoms. The average molecular weight is 239 g/mol. The normalized spacial score (nSPS) is 12.5. The molecule has 0 aliphatic heterocycles. The molecule has 0 aromatic heterocycles. The van der Waals surface area contributed by atoms with Gasteiger partial charge in [-0.1, -0.05) is 12.1 Å². The van der Waals surface area contributed by atoms with Gasteiger partial charge in [-0.3, -0.25) is 4.79 Å². The summed E-state index contributed by atoms with van der Waals surface area (Å²) >= 11 is 0. The third-order valence-corrected chi connectivity index (χ3v) is 2.52. The highest BCUT2D eigenvalue weighted by atomic mass is 19.1. The van der Waals surface area contributed by atoms with Gasteiger partial charge in [-0.2, -0.15) is 0 Å². The van der Waals surface area contributed by atoms with E-state index in [2.05, 4.69) is 0 Å². The van der Waals surface area contributed by atoms with Crippen LogP contribution < -0.4 is 0 Å². The molecule has 0 aliphatic carbocycles. The molecule has 1 unspecified atom stereocenters. The van der Waals surface area contributed by atoms with Crippen LogP contribution in [0.15, 0.2) is 24.3 Å². The molecule has 0 radical (unpaired) electrons. The van der Waals surface area contributed by atoms with Gasteiger partial charge in [-0.15, -0.1) is 0 Å². The van der Waals surface area contributed by atoms with Gasteiger partial charge in [0.25, 0.3) is 0 Å². The van der Waals surface area contributed by atoms with Gasteiger partial charge in [0.15, 0.2) is 0 Å². The molecule has 0 saturated heterocycles. The molecule has 17 heavy (non-hydrogen) atoms. The minimum atomic E-state index is -0.293. The molecule has 1 atom stereocenters. The Hall–Kier alpha value is -1.42. The van der Waals surface area contributed by atoms with Crippen molar-refractivity contribution in [3.8, 4) is 0 Å². The molecule has 1 rings (SSSR count). The molecule has 0 heterocycles. The molecule has 3 nitrogen and oxygen atoms in total. The lowest BCUT2D eigenvalue weighted by atomic mass is 10.0. The lowest BCUT2D eigenvalue weighted by Gasteiger charge is -2.23. The van der Waals surface area contributed by atoms with Crippen molar-refractivity contribution in [2.24, 2.45) is 0 Å². The minimum absolute atomic E-state index is 0.162. The highest BCUT2D eigenvalue weighted by Crippen LogP contribution is 2.22. The first-order chi connectivity index (χ1) is 8.04. The zero-order valence-corrected chi connectivity index (χ0v) is 10.4. The smallest absolute Gasteiger partial charge is 0.307 e. The van der Waals surface area contributed by atoms with Crippen molar-refractivity contribution < 1.29 is 13.9 Å². The van der Waals surface area contributed by atoms with Gasteiger partial charge in [-0.05, 0) is 38.7 Å². The van der Waals surface area contributed by atoms with Crippen LogP contribution in [0.4, 0.5) is 4.39 Å². The molecule has 0 bridgehead atoms. The third kappa shape index (κ3) is 4.15. The van der Waals surface area contributed by atoms with E-state index in [-0.39, 0.29) is 24.2 Å². The summed E-state index contributed by atoms with van der Waals surface area (Å²) in [5, 5.41) is 0. The fourth-order valence-corrected chi connectivity index (χ4v) is 1.69. The number of carbonyl (C=O) groups is 1. The summed E-state index contributed by atoms with van der Waals surface area (Å²) in [6, 6.07) is 6.13. The van der Waals surface area contributed by atoms with Gasteiger partial charge in [0.2, 0.25) is 0 Å². The van der Waals surface area contributed by atoms with E-state index in [0.717, 1.165) is 5.56 Å². The molecular formula is C13H18FNO2. The molecule has 1 aromatic carbocycles. The third-order valence-electron chi connectivity index (χ3n) is 2.52. The molecule has 0 aliphatic rings. The molecule has 94 valence electrons. The summed E-state index contributed by atoms with van der Waals surface area (Å²) in [6.45, 7) is 2.13. The van der Waals surface area contributed by atoms with Crippen LogP contribution in [0.5, 0.6) is 0 Å². The number of benzene rings is 1. The summed E-state index contributed by atoms with van der Waals surface area (Å²) in [6.07, 6.45) is 0.226. The van der Waals surface area contributed by atoms with Crippen molar-refractivity contribution >= 4 is 5.97 Å². The number of halogens is 1. The van der Waals surface area contributed by atoms with Crippen molar-refractivity contribution in [2.75, 3.05) is 20.7 Å². The summed E-state index contributed by atoms with van der Waals surface area (Å²) < 4.78 is 18.1. The van der Waals surface area contributed by atoms with Crippen molar-refractivity contribution in [3.63, 3.8) is 0 Å². The van der Waals surface area contributed by atoms with E-state index in [1.54, 1.807) is 13.0 Å². The van der Waals surface area contributed by atoms with Gasteiger partial charge in [0, 0.05) is 6.04 Å². The second kappa shape index (κ2) is 6.35. The SMILES string of the molecule is CCOC(=O)CC(c1cccc(F)c1)N(C)C. The lowest BCUT2D eigenvalue weighted by Crippen LogP contribution is -2.23. The summed E-state index contributed by atoms with van der Waals surface area (Å²) in [4.78, 5) is 13.4. The Morgan fingerprint density at radius 1 is 1.47 bits per heavy atom. The van der Waals surface area contributed by atoms with Crippen molar-refractivity contribution in [1.82, 2.24) is 4.90 Å². The van der Waals surface area contributed by atoms with Gasteiger partial charge in [0.1, 0.15) is 5.82 Å². The predicted molar refractivity (Wildman–Crippen MR) is 64.1 cm³/mol. The summed E-state index contributed by atoms with van der Waals surface area (Å²) in [7, 11) is 3.71. The lowest BCUT2D eigenvalue weighted by molar-refractivity contribution is -0.144. The Labute approximate surface area is 101 Å². The van der Waals surface area contributed by atoms with E-state index in [9.17, 15) is 9.18 Å². The van der Waals surface area contributed by atoms with E-state index >= 15 is 0 Å². The first kappa shape index (κ1) is 13.6. The highest BCUT2D eigenvalue weighted by Gasteiger charge is 2.19. The maximum Gasteiger partial charge on any atom is 0.307 e. The molecular weight excluding hydrogens is 221 g/mol. The maximum absolute atomic E-state index is 13.1. The van der Waals surface area contributed by atoms with Crippen LogP contribution in [0, 0.1) is 5.82 Å². The first-order valence-corrected chi connectivity index (χ1v) is 5.62. The largest absolute Gasteiger partial charge is 0.466 e. The Balaban J connectivity index is 2.82. The fourth-order valence-electron chi connectivity index (χ4n) is 1.69. The zero-order chi connectivity index (χ0) is 12.8. The van der Waals surface area contributed by atoms with E-state index in [4.69, 9.17) is 4.74 Å². The van der Waals surface area contributed by atoms with Crippen LogP contribution >= 0.6 is 0 Å². The number of esters is 1. The quantitative estimate of drug-likeness (QED) is 0.739. The summed E-state index contributed by atoms with van der Waals surface area (Å²) in [5.41, 5.74) is 0.781. The Kier molecular flexibility index (Phi) is 5.10. The van der Waals surface area contributed by atoms with Gasteiger partial charge >= 0.3 is 5.97 Å². The number of carbonyl (C=O) groups excluding carboxylic acids is 1. The Bertz CT molecular complexity index is 379. The maximum atomic E-state index is 13.1. The van der Waals surface area contributed by atoms with E-state index in [1.807, 2.05) is 25.1 Å². The summed E-state index contributed by atoms with van der Waals surface area (Å²) in [5.74, 6) is -0.561. The Morgan fingerprint density at radius 3 is 2.71 bits per heavy atom. The van der Waals surface area contributed by atoms with Gasteiger partial charge in [-0.25, -0.2) is 4.39 Å². The van der Waals surface area contributed by atoms with Crippen LogP contribution in [0.25, 0.3) is 0 Å². The van der Waals surface area contributed by atoms with E-state index in [0.29, 0.717) is 6.61 Å². The topological polar surface area (TPSA) is 29.5 Å². The molecule has 0 fully saturated rings. The molecule has 1 aromatic rings. The van der Waals surface area contributed by atoms with Crippen molar-refractivity contribution in [3.05, 3.63) is 35.6 Å². The van der Waals surface area contributed by atoms with Crippen LogP contribution in [-0.2, 0) is 9.53 Å². The highest BCUT2D eigenvalue weighted by molar-refractivity contribution is 5.70. The molecule has 0 amide bonds. The van der Waals surface area contributed by atoms with Crippen LogP contribution in [0.1, 0.15) is 24.9 Å². The van der Waals surface area contributed by atoms with Crippen LogP contribution in [-0.4, -0.2) is 31.6 Å². The van der Waals surface area contributed by atoms with Crippen molar-refractivity contribution in [1.29, 1.82) is 0 Å². The predicted octanol–water partition coefficient (Wildman–Crippen LogP) is 2.38. The first-order valence-electron chi connectivity index (χ1n) is 5.62.